The van der Waals surface area contributed by atoms with E-state index in [0.717, 1.165) is 47.8 Å². The van der Waals surface area contributed by atoms with E-state index in [1.165, 1.54) is 17.4 Å². The molecule has 4 aromatic rings. The molecule has 2 aromatic carbocycles. The second kappa shape index (κ2) is 10.4. The number of para-hydroxylation sites is 1. The first-order valence-electron chi connectivity index (χ1n) is 12.9. The molecule has 2 aliphatic rings. The van der Waals surface area contributed by atoms with Crippen molar-refractivity contribution in [2.45, 2.75) is 26.2 Å². The van der Waals surface area contributed by atoms with Crippen LogP contribution in [-0.2, 0) is 6.42 Å². The summed E-state index contributed by atoms with van der Waals surface area (Å²) in [6.07, 6.45) is 2.79. The van der Waals surface area contributed by atoms with Gasteiger partial charge >= 0.3 is 0 Å². The van der Waals surface area contributed by atoms with Crippen molar-refractivity contribution in [2.75, 3.05) is 34.8 Å². The molecule has 2 amide bonds. The fraction of sp³-hybridized carbons (Fsp3) is 0.233. The first kappa shape index (κ1) is 25.5. The molecule has 0 saturated carbocycles. The summed E-state index contributed by atoms with van der Waals surface area (Å²) >= 11 is 7.73. The van der Waals surface area contributed by atoms with Crippen LogP contribution in [0, 0.1) is 12.7 Å². The largest absolute Gasteiger partial charge is 0.357 e. The van der Waals surface area contributed by atoms with Crippen molar-refractivity contribution in [1.29, 1.82) is 0 Å². The van der Waals surface area contributed by atoms with E-state index in [-0.39, 0.29) is 17.5 Å². The molecular formula is C30H26ClFN4O2S. The lowest BCUT2D eigenvalue weighted by Gasteiger charge is -2.24. The summed E-state index contributed by atoms with van der Waals surface area (Å²) < 4.78 is 14.3. The highest BCUT2D eigenvalue weighted by Gasteiger charge is 2.29. The van der Waals surface area contributed by atoms with Crippen LogP contribution in [0.15, 0.2) is 60.7 Å². The van der Waals surface area contributed by atoms with Crippen molar-refractivity contribution in [2.24, 2.45) is 0 Å². The van der Waals surface area contributed by atoms with Crippen molar-refractivity contribution >= 4 is 51.9 Å². The zero-order chi connectivity index (χ0) is 27.1. The first-order chi connectivity index (χ1) is 18.9. The van der Waals surface area contributed by atoms with Crippen LogP contribution in [0.25, 0.3) is 10.4 Å². The Hall–Kier alpha value is -3.75. The van der Waals surface area contributed by atoms with Crippen molar-refractivity contribution in [3.8, 4) is 10.4 Å². The third kappa shape index (κ3) is 4.90. The standard InChI is InChI=1S/C30H26ClFN4O2S/c1-18-6-4-7-22(32)27(18)34-29(37)25-16-19-12-15-36(24-17-20(31)10-11-21(24)28(19)39-25)30(38)23-8-5-9-26(33-23)35-13-2-3-14-35/h4-11,16-17H,2-3,12-15H2,1H3,(H,34,37). The number of anilines is 3. The maximum atomic E-state index is 14.3. The van der Waals surface area contributed by atoms with Gasteiger partial charge in [0.1, 0.15) is 17.3 Å². The molecule has 4 heterocycles. The number of carbonyl (C=O) groups excluding carboxylic acids is 2. The quantitative estimate of drug-likeness (QED) is 0.293. The number of hydrogen-bond acceptors (Lipinski definition) is 5. The molecule has 0 bridgehead atoms. The minimum atomic E-state index is -0.474. The van der Waals surface area contributed by atoms with Crippen LogP contribution in [0.3, 0.4) is 0 Å². The Kier molecular flexibility index (Phi) is 6.83. The average Bonchev–Trinajstić information content (AvgIpc) is 3.60. The predicted molar refractivity (Wildman–Crippen MR) is 155 cm³/mol. The number of rotatable bonds is 4. The van der Waals surface area contributed by atoms with Crippen molar-refractivity contribution in [1.82, 2.24) is 4.98 Å². The number of carbonyl (C=O) groups is 2. The number of aryl methyl sites for hydroxylation is 1. The van der Waals surface area contributed by atoms with Crippen LogP contribution in [0.4, 0.5) is 21.6 Å². The predicted octanol–water partition coefficient (Wildman–Crippen LogP) is 6.97. The van der Waals surface area contributed by atoms with Gasteiger partial charge in [-0.2, -0.15) is 0 Å². The molecule has 1 saturated heterocycles. The van der Waals surface area contributed by atoms with E-state index >= 15 is 0 Å². The summed E-state index contributed by atoms with van der Waals surface area (Å²) in [6, 6.07) is 17.6. The highest BCUT2D eigenvalue weighted by molar-refractivity contribution is 7.17. The minimum Gasteiger partial charge on any atom is -0.357 e. The number of nitrogens with one attached hydrogen (secondary N) is 1. The SMILES string of the molecule is Cc1cccc(F)c1NC(=O)c1cc2c(s1)-c1ccc(Cl)cc1N(C(=O)c1cccc(N3CCCC3)n1)CC2. The van der Waals surface area contributed by atoms with Crippen LogP contribution >= 0.6 is 22.9 Å². The molecule has 39 heavy (non-hydrogen) atoms. The fourth-order valence-corrected chi connectivity index (χ4v) is 6.51. The lowest BCUT2D eigenvalue weighted by atomic mass is 10.1. The third-order valence-corrected chi connectivity index (χ3v) is 8.67. The third-order valence-electron chi connectivity index (χ3n) is 7.22. The number of fused-ring (bicyclic) bond motifs is 3. The van der Waals surface area contributed by atoms with Crippen LogP contribution in [0.5, 0.6) is 0 Å². The minimum absolute atomic E-state index is 0.179. The average molecular weight is 561 g/mol. The number of nitrogens with zero attached hydrogens (tertiary/aromatic N) is 3. The lowest BCUT2D eigenvalue weighted by molar-refractivity contribution is 0.0981. The zero-order valence-corrected chi connectivity index (χ0v) is 22.9. The van der Waals surface area contributed by atoms with Gasteiger partial charge in [0.2, 0.25) is 0 Å². The molecule has 1 N–H and O–H groups in total. The van der Waals surface area contributed by atoms with E-state index in [0.29, 0.717) is 39.8 Å². The number of hydrogen-bond donors (Lipinski definition) is 1. The van der Waals surface area contributed by atoms with Gasteiger partial charge in [-0.15, -0.1) is 11.3 Å². The zero-order valence-electron chi connectivity index (χ0n) is 21.3. The van der Waals surface area contributed by atoms with Crippen LogP contribution in [0.2, 0.25) is 5.02 Å². The summed E-state index contributed by atoms with van der Waals surface area (Å²) in [5.74, 6) is -0.215. The molecule has 1 fully saturated rings. The number of amides is 2. The summed E-state index contributed by atoms with van der Waals surface area (Å²) in [4.78, 5) is 36.9. The number of pyridine rings is 1. The van der Waals surface area contributed by atoms with E-state index < -0.39 is 5.82 Å². The van der Waals surface area contributed by atoms with E-state index in [1.54, 1.807) is 42.2 Å². The molecule has 2 aliphatic heterocycles. The maximum absolute atomic E-state index is 14.3. The molecule has 2 aromatic heterocycles. The van der Waals surface area contributed by atoms with Crippen LogP contribution in [0.1, 0.15) is 44.1 Å². The summed E-state index contributed by atoms with van der Waals surface area (Å²) in [5.41, 5.74) is 3.67. The molecule has 0 radical (unpaired) electrons. The number of thiophene rings is 1. The first-order valence-corrected chi connectivity index (χ1v) is 14.1. The summed E-state index contributed by atoms with van der Waals surface area (Å²) in [7, 11) is 0. The Morgan fingerprint density at radius 1 is 1.03 bits per heavy atom. The summed E-state index contributed by atoms with van der Waals surface area (Å²) in [5, 5.41) is 3.24. The van der Waals surface area contributed by atoms with Crippen LogP contribution < -0.4 is 15.1 Å². The Morgan fingerprint density at radius 2 is 1.82 bits per heavy atom. The molecule has 0 spiro atoms. The second-order valence-electron chi connectivity index (χ2n) is 9.79. The molecule has 0 atom stereocenters. The molecule has 198 valence electrons. The van der Waals surface area contributed by atoms with E-state index in [4.69, 9.17) is 16.6 Å². The van der Waals surface area contributed by atoms with Gasteiger partial charge in [-0.05, 0) is 79.8 Å². The molecule has 6 rings (SSSR count). The highest BCUT2D eigenvalue weighted by Crippen LogP contribution is 2.43. The molecular weight excluding hydrogens is 535 g/mol. The second-order valence-corrected chi connectivity index (χ2v) is 11.3. The Labute approximate surface area is 235 Å². The van der Waals surface area contributed by atoms with Crippen molar-refractivity contribution < 1.29 is 14.0 Å². The number of benzene rings is 2. The molecule has 9 heteroatoms. The molecule has 0 unspecified atom stereocenters. The van der Waals surface area contributed by atoms with Gasteiger partial charge in [0.05, 0.1) is 16.3 Å². The molecule has 0 aliphatic carbocycles. The Balaban J connectivity index is 1.33. The normalized spacial score (nSPS) is 14.5. The van der Waals surface area contributed by atoms with E-state index in [9.17, 15) is 14.0 Å². The van der Waals surface area contributed by atoms with Gasteiger partial charge in [-0.25, -0.2) is 9.37 Å². The van der Waals surface area contributed by atoms with Gasteiger partial charge in [0, 0.05) is 35.1 Å². The highest BCUT2D eigenvalue weighted by atomic mass is 35.5. The summed E-state index contributed by atoms with van der Waals surface area (Å²) in [6.45, 7) is 4.04. The van der Waals surface area contributed by atoms with E-state index in [1.807, 2.05) is 24.3 Å². The smallest absolute Gasteiger partial charge is 0.276 e. The maximum Gasteiger partial charge on any atom is 0.276 e. The van der Waals surface area contributed by atoms with Gasteiger partial charge in [-0.1, -0.05) is 29.8 Å². The Morgan fingerprint density at radius 3 is 2.62 bits per heavy atom. The fourth-order valence-electron chi connectivity index (χ4n) is 5.21. The Bertz CT molecular complexity index is 1580. The monoisotopic (exact) mass is 560 g/mol. The topological polar surface area (TPSA) is 65.5 Å². The number of halogens is 2. The molecule has 6 nitrogen and oxygen atoms in total. The van der Waals surface area contributed by atoms with Gasteiger partial charge in [0.25, 0.3) is 11.8 Å². The van der Waals surface area contributed by atoms with E-state index in [2.05, 4.69) is 10.2 Å². The van der Waals surface area contributed by atoms with Crippen molar-refractivity contribution in [3.05, 3.63) is 93.2 Å². The van der Waals surface area contributed by atoms with Gasteiger partial charge in [0.15, 0.2) is 0 Å². The number of aromatic nitrogens is 1. The van der Waals surface area contributed by atoms with Gasteiger partial charge in [-0.3, -0.25) is 9.59 Å². The van der Waals surface area contributed by atoms with Gasteiger partial charge < -0.3 is 15.1 Å². The van der Waals surface area contributed by atoms with Crippen molar-refractivity contribution in [3.63, 3.8) is 0 Å². The lowest BCUT2D eigenvalue weighted by Crippen LogP contribution is -2.33. The van der Waals surface area contributed by atoms with Crippen LogP contribution in [-0.4, -0.2) is 36.4 Å².